The van der Waals surface area contributed by atoms with Crippen molar-refractivity contribution in [2.45, 2.75) is 19.8 Å². The van der Waals surface area contributed by atoms with Crippen LogP contribution < -0.4 is 0 Å². The number of aryl methyl sites for hydroxylation is 1. The molecule has 3 rings (SSSR count). The van der Waals surface area contributed by atoms with E-state index in [4.69, 9.17) is 0 Å². The zero-order valence-corrected chi connectivity index (χ0v) is 14.3. The van der Waals surface area contributed by atoms with E-state index in [1.165, 1.54) is 6.26 Å². The highest BCUT2D eigenvalue weighted by atomic mass is 32.2. The molecule has 1 aliphatic heterocycles. The van der Waals surface area contributed by atoms with Gasteiger partial charge in [-0.05, 0) is 37.8 Å². The third-order valence-electron chi connectivity index (χ3n) is 3.86. The summed E-state index contributed by atoms with van der Waals surface area (Å²) < 4.78 is 24.7. The molecule has 1 saturated heterocycles. The van der Waals surface area contributed by atoms with E-state index in [1.54, 1.807) is 15.6 Å². The molecule has 0 spiro atoms. The quantitative estimate of drug-likeness (QED) is 0.859. The molecule has 0 saturated carbocycles. The maximum atomic E-state index is 11.6. The average Bonchev–Trinajstić information content (AvgIpc) is 3.08. The first-order chi connectivity index (χ1) is 10.4. The van der Waals surface area contributed by atoms with Crippen molar-refractivity contribution in [2.75, 3.05) is 19.3 Å². The minimum Gasteiger partial charge on any atom is -0.250 e. The Hall–Kier alpha value is -1.31. The maximum Gasteiger partial charge on any atom is 0.211 e. The van der Waals surface area contributed by atoms with Crippen LogP contribution in [0.3, 0.4) is 0 Å². The van der Waals surface area contributed by atoms with Gasteiger partial charge in [-0.25, -0.2) is 17.7 Å². The maximum absolute atomic E-state index is 11.6. The van der Waals surface area contributed by atoms with Gasteiger partial charge in [0, 0.05) is 29.9 Å². The number of rotatable bonds is 4. The van der Waals surface area contributed by atoms with Crippen LogP contribution in [0.2, 0.25) is 0 Å². The number of aromatic nitrogens is 2. The average molecular weight is 337 g/mol. The Morgan fingerprint density at radius 1 is 1.36 bits per heavy atom. The van der Waals surface area contributed by atoms with Gasteiger partial charge in [-0.1, -0.05) is 6.07 Å². The Labute approximate surface area is 135 Å². The Kier molecular flexibility index (Phi) is 4.29. The van der Waals surface area contributed by atoms with Crippen LogP contribution in [-0.2, 0) is 16.4 Å². The summed E-state index contributed by atoms with van der Waals surface area (Å²) in [6.45, 7) is 3.19. The molecule has 1 aliphatic rings. The number of sulfonamides is 1. The summed E-state index contributed by atoms with van der Waals surface area (Å²) in [5.74, 6) is 0.343. The highest BCUT2D eigenvalue weighted by Gasteiger charge is 2.28. The molecule has 5 nitrogen and oxygen atoms in total. The fourth-order valence-corrected chi connectivity index (χ4v) is 4.43. The molecule has 0 N–H and O–H groups in total. The van der Waals surface area contributed by atoms with Crippen molar-refractivity contribution in [3.8, 4) is 10.7 Å². The predicted molar refractivity (Wildman–Crippen MR) is 88.3 cm³/mol. The molecule has 0 unspecified atom stereocenters. The number of thiazole rings is 1. The van der Waals surface area contributed by atoms with Crippen molar-refractivity contribution in [3.63, 3.8) is 0 Å². The van der Waals surface area contributed by atoms with Crippen molar-refractivity contribution < 1.29 is 8.42 Å². The molecule has 2 aromatic heterocycles. The predicted octanol–water partition coefficient (Wildman–Crippen LogP) is 2.34. The second-order valence-electron chi connectivity index (χ2n) is 5.79. The van der Waals surface area contributed by atoms with Crippen LogP contribution in [-0.4, -0.2) is 42.0 Å². The molecule has 2 aromatic rings. The fraction of sp³-hybridized carbons (Fsp3) is 0.467. The van der Waals surface area contributed by atoms with Gasteiger partial charge < -0.3 is 0 Å². The van der Waals surface area contributed by atoms with Gasteiger partial charge in [0.25, 0.3) is 0 Å². The highest BCUT2D eigenvalue weighted by Crippen LogP contribution is 2.25. The van der Waals surface area contributed by atoms with E-state index in [9.17, 15) is 8.42 Å². The number of pyridine rings is 1. The topological polar surface area (TPSA) is 63.2 Å². The lowest BCUT2D eigenvalue weighted by Crippen LogP contribution is -2.27. The van der Waals surface area contributed by atoms with Crippen LogP contribution in [0.5, 0.6) is 0 Å². The van der Waals surface area contributed by atoms with E-state index >= 15 is 0 Å². The molecule has 1 fully saturated rings. The summed E-state index contributed by atoms with van der Waals surface area (Å²) in [4.78, 5) is 9.15. The number of hydrogen-bond acceptors (Lipinski definition) is 5. The smallest absolute Gasteiger partial charge is 0.211 e. The highest BCUT2D eigenvalue weighted by molar-refractivity contribution is 7.88. The molecule has 0 radical (unpaired) electrons. The zero-order chi connectivity index (χ0) is 15.7. The Balaban J connectivity index is 1.72. The first-order valence-electron chi connectivity index (χ1n) is 7.25. The number of hydrogen-bond donors (Lipinski definition) is 0. The van der Waals surface area contributed by atoms with Gasteiger partial charge in [0.05, 0.1) is 11.9 Å². The molecule has 0 amide bonds. The molecular formula is C15H19N3O2S2. The van der Waals surface area contributed by atoms with Crippen molar-refractivity contribution in [3.05, 3.63) is 35.0 Å². The second kappa shape index (κ2) is 6.06. The van der Waals surface area contributed by atoms with Crippen LogP contribution in [0.15, 0.2) is 23.6 Å². The second-order valence-corrected chi connectivity index (χ2v) is 8.63. The van der Waals surface area contributed by atoms with E-state index in [2.05, 4.69) is 9.97 Å². The fourth-order valence-electron chi connectivity index (χ4n) is 2.74. The normalized spacial score (nSPS) is 19.6. The van der Waals surface area contributed by atoms with Gasteiger partial charge in [-0.15, -0.1) is 11.3 Å². The molecule has 7 heteroatoms. The number of nitrogens with zero attached hydrogens (tertiary/aromatic N) is 3. The van der Waals surface area contributed by atoms with Crippen LogP contribution in [0.25, 0.3) is 10.7 Å². The lowest BCUT2D eigenvalue weighted by molar-refractivity contribution is 0.459. The third kappa shape index (κ3) is 3.53. The van der Waals surface area contributed by atoms with E-state index in [0.717, 1.165) is 34.9 Å². The molecule has 0 bridgehead atoms. The van der Waals surface area contributed by atoms with Crippen LogP contribution >= 0.6 is 11.3 Å². The molecular weight excluding hydrogens is 318 g/mol. The van der Waals surface area contributed by atoms with Gasteiger partial charge in [-0.2, -0.15) is 0 Å². The summed E-state index contributed by atoms with van der Waals surface area (Å²) in [7, 11) is -3.07. The van der Waals surface area contributed by atoms with Crippen LogP contribution in [0, 0.1) is 12.8 Å². The van der Waals surface area contributed by atoms with E-state index in [-0.39, 0.29) is 0 Å². The van der Waals surface area contributed by atoms with Crippen molar-refractivity contribution in [1.29, 1.82) is 0 Å². The molecule has 22 heavy (non-hydrogen) atoms. The monoisotopic (exact) mass is 337 g/mol. The standard InChI is InChI=1S/C15H19N3O2S2/c1-11-10-21-15(16-11)14-5-3-4-13(17-14)8-12-6-7-18(9-12)22(2,19)20/h3-5,10,12H,6-9H2,1-2H3/t12-/m1/s1. The van der Waals surface area contributed by atoms with Crippen molar-refractivity contribution in [1.82, 2.24) is 14.3 Å². The molecule has 118 valence electrons. The van der Waals surface area contributed by atoms with Gasteiger partial charge in [-0.3, -0.25) is 4.98 Å². The Morgan fingerprint density at radius 3 is 2.82 bits per heavy atom. The summed E-state index contributed by atoms with van der Waals surface area (Å²) in [6, 6.07) is 5.98. The molecule has 3 heterocycles. The minimum absolute atomic E-state index is 0.343. The summed E-state index contributed by atoms with van der Waals surface area (Å²) in [5, 5.41) is 2.95. The first kappa shape index (κ1) is 15.6. The Morgan fingerprint density at radius 2 is 2.18 bits per heavy atom. The third-order valence-corrected chi connectivity index (χ3v) is 6.11. The van der Waals surface area contributed by atoms with Crippen LogP contribution in [0.1, 0.15) is 17.8 Å². The summed E-state index contributed by atoms with van der Waals surface area (Å²) in [6.07, 6.45) is 2.98. The summed E-state index contributed by atoms with van der Waals surface area (Å²) in [5.41, 5.74) is 2.91. The van der Waals surface area contributed by atoms with Crippen molar-refractivity contribution in [2.24, 2.45) is 5.92 Å². The lowest BCUT2D eigenvalue weighted by Gasteiger charge is -2.13. The van der Waals surface area contributed by atoms with E-state index < -0.39 is 10.0 Å². The van der Waals surface area contributed by atoms with Crippen molar-refractivity contribution >= 4 is 21.4 Å². The van der Waals surface area contributed by atoms with Gasteiger partial charge in [0.1, 0.15) is 5.01 Å². The van der Waals surface area contributed by atoms with Gasteiger partial charge in [0.2, 0.25) is 10.0 Å². The van der Waals surface area contributed by atoms with E-state index in [0.29, 0.717) is 19.0 Å². The van der Waals surface area contributed by atoms with Gasteiger partial charge in [0.15, 0.2) is 0 Å². The van der Waals surface area contributed by atoms with E-state index in [1.807, 2.05) is 30.5 Å². The largest absolute Gasteiger partial charge is 0.250 e. The van der Waals surface area contributed by atoms with Crippen LogP contribution in [0.4, 0.5) is 0 Å². The molecule has 1 atom stereocenters. The SMILES string of the molecule is Cc1csc(-c2cccc(C[C@H]3CCN(S(C)(=O)=O)C3)n2)n1. The van der Waals surface area contributed by atoms with Gasteiger partial charge >= 0.3 is 0 Å². The first-order valence-corrected chi connectivity index (χ1v) is 9.98. The zero-order valence-electron chi connectivity index (χ0n) is 12.7. The Bertz CT molecular complexity index is 771. The lowest BCUT2D eigenvalue weighted by atomic mass is 10.0. The minimum atomic E-state index is -3.07. The molecule has 0 aromatic carbocycles. The summed E-state index contributed by atoms with van der Waals surface area (Å²) >= 11 is 1.60. The molecule has 0 aliphatic carbocycles.